The molecule has 3 nitrogen and oxygen atoms in total. The predicted molar refractivity (Wildman–Crippen MR) is 80.0 cm³/mol. The number of H-pyrrole nitrogens is 1. The van der Waals surface area contributed by atoms with E-state index in [2.05, 4.69) is 11.1 Å². The molecule has 5 heteroatoms. The van der Waals surface area contributed by atoms with Crippen LogP contribution < -0.4 is 5.56 Å². The molecule has 0 fully saturated rings. The zero-order chi connectivity index (χ0) is 13.0. The van der Waals surface area contributed by atoms with Crippen molar-refractivity contribution in [3.05, 3.63) is 45.6 Å². The lowest BCUT2D eigenvalue weighted by molar-refractivity contribution is 1.35. The summed E-state index contributed by atoms with van der Waals surface area (Å²) in [6.07, 6.45) is 0. The van der Waals surface area contributed by atoms with Gasteiger partial charge in [-0.1, -0.05) is 0 Å². The zero-order valence-electron chi connectivity index (χ0n) is 9.56. The maximum atomic E-state index is 12.1. The second-order valence-electron chi connectivity index (χ2n) is 4.25. The minimum Gasteiger partial charge on any atom is -0.321 e. The zero-order valence-corrected chi connectivity index (χ0v) is 11.2. The van der Waals surface area contributed by atoms with Gasteiger partial charge >= 0.3 is 0 Å². The number of benzene rings is 1. The molecule has 0 saturated heterocycles. The number of hydrogen-bond acceptors (Lipinski definition) is 4. The molecule has 0 spiro atoms. The molecule has 4 aromatic rings. The number of nitrogens with zero attached hydrogens (tertiary/aromatic N) is 1. The molecule has 0 saturated carbocycles. The van der Waals surface area contributed by atoms with E-state index in [0.29, 0.717) is 5.56 Å². The van der Waals surface area contributed by atoms with Gasteiger partial charge in [0.2, 0.25) is 0 Å². The molecule has 0 aliphatic heterocycles. The van der Waals surface area contributed by atoms with Crippen molar-refractivity contribution < 1.29 is 0 Å². The summed E-state index contributed by atoms with van der Waals surface area (Å²) in [5, 5.41) is 14.1. The van der Waals surface area contributed by atoms with E-state index < -0.39 is 0 Å². The van der Waals surface area contributed by atoms with E-state index in [1.54, 1.807) is 23.5 Å². The molecular weight excluding hydrogens is 276 g/mol. The molecule has 0 radical (unpaired) electrons. The number of thiophene rings is 2. The van der Waals surface area contributed by atoms with Gasteiger partial charge in [-0.3, -0.25) is 4.79 Å². The Balaban J connectivity index is 2.39. The van der Waals surface area contributed by atoms with Crippen molar-refractivity contribution in [2.45, 2.75) is 0 Å². The average Bonchev–Trinajstić information content (AvgIpc) is 2.99. The van der Waals surface area contributed by atoms with Crippen molar-refractivity contribution in [3.63, 3.8) is 0 Å². The second-order valence-corrected chi connectivity index (χ2v) is 6.45. The fourth-order valence-corrected chi connectivity index (χ4v) is 4.53. The van der Waals surface area contributed by atoms with Gasteiger partial charge in [0.05, 0.1) is 15.6 Å². The monoisotopic (exact) mass is 282 g/mol. The Bertz CT molecular complexity index is 1050. The average molecular weight is 282 g/mol. The molecule has 1 N–H and O–H groups in total. The minimum absolute atomic E-state index is 0.0550. The van der Waals surface area contributed by atoms with Crippen LogP contribution in [-0.2, 0) is 0 Å². The van der Waals surface area contributed by atoms with E-state index in [-0.39, 0.29) is 5.56 Å². The molecule has 0 atom stereocenters. The first-order valence-corrected chi connectivity index (χ1v) is 7.33. The van der Waals surface area contributed by atoms with Gasteiger partial charge < -0.3 is 4.98 Å². The van der Waals surface area contributed by atoms with Crippen molar-refractivity contribution in [1.82, 2.24) is 4.98 Å². The Labute approximate surface area is 115 Å². The summed E-state index contributed by atoms with van der Waals surface area (Å²) in [6.45, 7) is 0. The van der Waals surface area contributed by atoms with Crippen molar-refractivity contribution in [1.29, 1.82) is 5.26 Å². The Morgan fingerprint density at radius 1 is 1.21 bits per heavy atom. The first-order valence-electron chi connectivity index (χ1n) is 5.64. The minimum atomic E-state index is -0.0550. The Hall–Kier alpha value is -2.16. The van der Waals surface area contributed by atoms with Crippen LogP contribution in [0.5, 0.6) is 0 Å². The Morgan fingerprint density at radius 2 is 2.11 bits per heavy atom. The second kappa shape index (κ2) is 3.67. The number of rotatable bonds is 0. The summed E-state index contributed by atoms with van der Waals surface area (Å²) in [4.78, 5) is 15.0. The highest BCUT2D eigenvalue weighted by Gasteiger charge is 2.13. The number of nitriles is 1. The number of pyridine rings is 1. The van der Waals surface area contributed by atoms with E-state index in [4.69, 9.17) is 5.26 Å². The van der Waals surface area contributed by atoms with Crippen LogP contribution in [0.15, 0.2) is 34.4 Å². The number of aromatic nitrogens is 1. The van der Waals surface area contributed by atoms with Gasteiger partial charge in [-0.2, -0.15) is 5.26 Å². The van der Waals surface area contributed by atoms with Gasteiger partial charge in [0, 0.05) is 21.7 Å². The number of hydrogen-bond donors (Lipinski definition) is 1. The van der Waals surface area contributed by atoms with E-state index in [1.165, 1.54) is 11.3 Å². The van der Waals surface area contributed by atoms with Crippen molar-refractivity contribution in [3.8, 4) is 6.07 Å². The van der Waals surface area contributed by atoms with E-state index in [0.717, 1.165) is 30.4 Å². The lowest BCUT2D eigenvalue weighted by Gasteiger charge is -2.00. The van der Waals surface area contributed by atoms with Crippen LogP contribution in [-0.4, -0.2) is 4.98 Å². The maximum Gasteiger partial charge on any atom is 0.266 e. The summed E-state index contributed by atoms with van der Waals surface area (Å²) in [6, 6.07) is 9.55. The quantitative estimate of drug-likeness (QED) is 0.533. The lowest BCUT2D eigenvalue weighted by atomic mass is 10.1. The first-order chi connectivity index (χ1) is 9.28. The van der Waals surface area contributed by atoms with E-state index in [1.807, 2.05) is 17.5 Å². The van der Waals surface area contributed by atoms with Gasteiger partial charge in [0.1, 0.15) is 4.70 Å². The van der Waals surface area contributed by atoms with Crippen LogP contribution in [0.3, 0.4) is 0 Å². The number of aromatic amines is 1. The van der Waals surface area contributed by atoms with Gasteiger partial charge in [-0.25, -0.2) is 0 Å². The molecule has 0 aliphatic rings. The largest absolute Gasteiger partial charge is 0.321 e. The van der Waals surface area contributed by atoms with Crippen molar-refractivity contribution in [2.75, 3.05) is 0 Å². The third kappa shape index (κ3) is 1.38. The number of nitrogens with one attached hydrogen (secondary N) is 1. The topological polar surface area (TPSA) is 56.6 Å². The van der Waals surface area contributed by atoms with Crippen LogP contribution in [0, 0.1) is 11.3 Å². The first kappa shape index (κ1) is 10.7. The van der Waals surface area contributed by atoms with E-state index >= 15 is 0 Å². The fourth-order valence-electron chi connectivity index (χ4n) is 2.36. The third-order valence-electron chi connectivity index (χ3n) is 3.19. The highest BCUT2D eigenvalue weighted by molar-refractivity contribution is 7.41. The summed E-state index contributed by atoms with van der Waals surface area (Å²) in [5.41, 5.74) is 1.33. The molecular formula is C14H6N2OS2. The van der Waals surface area contributed by atoms with Crippen molar-refractivity contribution in [2.24, 2.45) is 0 Å². The lowest BCUT2D eigenvalue weighted by Crippen LogP contribution is -2.04. The van der Waals surface area contributed by atoms with Crippen LogP contribution >= 0.6 is 22.7 Å². The highest BCUT2D eigenvalue weighted by atomic mass is 32.2. The summed E-state index contributed by atoms with van der Waals surface area (Å²) in [5.74, 6) is 0. The summed E-state index contributed by atoms with van der Waals surface area (Å²) >= 11 is 3.16. The Kier molecular flexibility index (Phi) is 2.07. The molecule has 0 bridgehead atoms. The highest BCUT2D eigenvalue weighted by Crippen LogP contribution is 2.38. The SMILES string of the molecule is N#Cc1ccc2[nH]c(=O)c3sc4sccc4c3c2c1. The molecule has 19 heavy (non-hydrogen) atoms. The normalized spacial score (nSPS) is 11.3. The van der Waals surface area contributed by atoms with Crippen LogP contribution in [0.1, 0.15) is 5.56 Å². The van der Waals surface area contributed by atoms with Gasteiger partial charge in [0.15, 0.2) is 0 Å². The molecule has 1 aromatic carbocycles. The number of fused-ring (bicyclic) bond motifs is 5. The molecule has 3 heterocycles. The van der Waals surface area contributed by atoms with E-state index in [9.17, 15) is 4.79 Å². The summed E-state index contributed by atoms with van der Waals surface area (Å²) in [7, 11) is 0. The molecule has 4 rings (SSSR count). The molecule has 90 valence electrons. The predicted octanol–water partition coefficient (Wildman–Crippen LogP) is 3.83. The van der Waals surface area contributed by atoms with Crippen molar-refractivity contribution >= 4 is 53.1 Å². The van der Waals surface area contributed by atoms with Crippen LogP contribution in [0.2, 0.25) is 0 Å². The molecule has 0 amide bonds. The van der Waals surface area contributed by atoms with Crippen LogP contribution in [0.25, 0.3) is 30.4 Å². The molecule has 0 aliphatic carbocycles. The maximum absolute atomic E-state index is 12.1. The molecule has 3 aromatic heterocycles. The molecule has 0 unspecified atom stereocenters. The third-order valence-corrected chi connectivity index (χ3v) is 5.44. The fraction of sp³-hybridized carbons (Fsp3) is 0. The van der Waals surface area contributed by atoms with Gasteiger partial charge in [-0.05, 0) is 29.6 Å². The van der Waals surface area contributed by atoms with Gasteiger partial charge in [0.25, 0.3) is 5.56 Å². The Morgan fingerprint density at radius 3 is 2.95 bits per heavy atom. The summed E-state index contributed by atoms with van der Waals surface area (Å²) < 4.78 is 1.89. The smallest absolute Gasteiger partial charge is 0.266 e. The van der Waals surface area contributed by atoms with Crippen LogP contribution in [0.4, 0.5) is 0 Å². The van der Waals surface area contributed by atoms with Gasteiger partial charge in [-0.15, -0.1) is 22.7 Å². The standard InChI is InChI=1S/C14H6N2OS2/c15-6-7-1-2-10-9(5-7)11-8-3-4-18-14(8)19-12(11)13(17)16-10/h1-5H,(H,16,17).